The van der Waals surface area contributed by atoms with Gasteiger partial charge in [0.15, 0.2) is 0 Å². The Bertz CT molecular complexity index is 310. The van der Waals surface area contributed by atoms with Crippen LogP contribution in [-0.4, -0.2) is 13.4 Å². The lowest BCUT2D eigenvalue weighted by Crippen LogP contribution is -2.02. The molecule has 1 unspecified atom stereocenters. The Balaban J connectivity index is 2.29. The van der Waals surface area contributed by atoms with E-state index in [0.717, 1.165) is 4.47 Å². The summed E-state index contributed by atoms with van der Waals surface area (Å²) in [6.45, 7) is 0.679. The average molecular weight is 247 g/mol. The summed E-state index contributed by atoms with van der Waals surface area (Å²) < 4.78 is 24.2. The molecule has 2 nitrogen and oxygen atoms in total. The fourth-order valence-electron chi connectivity index (χ4n) is 1.28. The van der Waals surface area contributed by atoms with E-state index < -0.39 is 0 Å². The second-order valence-corrected chi connectivity index (χ2v) is 3.73. The van der Waals surface area contributed by atoms with Crippen molar-refractivity contribution in [3.05, 3.63) is 34.1 Å². The molecule has 1 aliphatic rings. The molecule has 1 atom stereocenters. The normalized spacial score (nSPS) is 22.2. The lowest BCUT2D eigenvalue weighted by molar-refractivity contribution is 0.0457. The van der Waals surface area contributed by atoms with E-state index in [0.29, 0.717) is 12.2 Å². The molecule has 0 aliphatic carbocycles. The summed E-state index contributed by atoms with van der Waals surface area (Å²) in [6, 6.07) is 4.93. The molecule has 4 heteroatoms. The molecule has 0 aromatic heterocycles. The predicted octanol–water partition coefficient (Wildman–Crippen LogP) is 2.63. The zero-order valence-electron chi connectivity index (χ0n) is 6.80. The van der Waals surface area contributed by atoms with E-state index in [1.165, 1.54) is 6.07 Å². The van der Waals surface area contributed by atoms with Crippen LogP contribution in [-0.2, 0) is 9.47 Å². The Labute approximate surface area is 83.8 Å². The summed E-state index contributed by atoms with van der Waals surface area (Å²) in [5, 5.41) is 0. The number of halogens is 2. The van der Waals surface area contributed by atoms with Gasteiger partial charge >= 0.3 is 0 Å². The highest BCUT2D eigenvalue weighted by Crippen LogP contribution is 2.26. The third-order valence-electron chi connectivity index (χ3n) is 1.93. The maximum Gasteiger partial charge on any atom is 0.147 e. The summed E-state index contributed by atoms with van der Waals surface area (Å²) in [5.41, 5.74) is 0.556. The summed E-state index contributed by atoms with van der Waals surface area (Å²) >= 11 is 3.19. The van der Waals surface area contributed by atoms with Crippen LogP contribution in [0.25, 0.3) is 0 Å². The fourth-order valence-corrected chi connectivity index (χ4v) is 1.61. The van der Waals surface area contributed by atoms with Gasteiger partial charge in [-0.3, -0.25) is 0 Å². The van der Waals surface area contributed by atoms with Gasteiger partial charge in [-0.05, 0) is 12.1 Å². The van der Waals surface area contributed by atoms with Crippen molar-refractivity contribution in [2.45, 2.75) is 6.10 Å². The SMILES string of the molecule is Fc1cc(Br)ccc1C1COCO1. The third kappa shape index (κ3) is 1.90. The highest BCUT2D eigenvalue weighted by molar-refractivity contribution is 9.10. The van der Waals surface area contributed by atoms with Gasteiger partial charge in [0.05, 0.1) is 6.61 Å². The average Bonchev–Trinajstić information content (AvgIpc) is 2.56. The van der Waals surface area contributed by atoms with Crippen molar-refractivity contribution in [2.24, 2.45) is 0 Å². The van der Waals surface area contributed by atoms with Crippen LogP contribution in [0.2, 0.25) is 0 Å². The first-order valence-electron chi connectivity index (χ1n) is 3.91. The maximum absolute atomic E-state index is 13.3. The maximum atomic E-state index is 13.3. The minimum Gasteiger partial charge on any atom is -0.352 e. The van der Waals surface area contributed by atoms with Gasteiger partial charge in [-0.15, -0.1) is 0 Å². The second-order valence-electron chi connectivity index (χ2n) is 2.81. The van der Waals surface area contributed by atoms with Gasteiger partial charge in [0.2, 0.25) is 0 Å². The van der Waals surface area contributed by atoms with Gasteiger partial charge in [-0.2, -0.15) is 0 Å². The van der Waals surface area contributed by atoms with Crippen LogP contribution in [0.4, 0.5) is 4.39 Å². The van der Waals surface area contributed by atoms with Crippen LogP contribution < -0.4 is 0 Å². The molecule has 2 rings (SSSR count). The van der Waals surface area contributed by atoms with Gasteiger partial charge in [0.25, 0.3) is 0 Å². The first-order chi connectivity index (χ1) is 6.27. The van der Waals surface area contributed by atoms with E-state index >= 15 is 0 Å². The van der Waals surface area contributed by atoms with Gasteiger partial charge < -0.3 is 9.47 Å². The van der Waals surface area contributed by atoms with Crippen molar-refractivity contribution >= 4 is 15.9 Å². The largest absolute Gasteiger partial charge is 0.352 e. The highest BCUT2D eigenvalue weighted by Gasteiger charge is 2.21. The molecule has 0 spiro atoms. The van der Waals surface area contributed by atoms with Crippen molar-refractivity contribution in [3.8, 4) is 0 Å². The molecule has 13 heavy (non-hydrogen) atoms. The van der Waals surface area contributed by atoms with Gasteiger partial charge in [-0.1, -0.05) is 22.0 Å². The van der Waals surface area contributed by atoms with Crippen LogP contribution in [0.5, 0.6) is 0 Å². The Kier molecular flexibility index (Phi) is 2.62. The third-order valence-corrected chi connectivity index (χ3v) is 2.42. The lowest BCUT2D eigenvalue weighted by Gasteiger charge is -2.08. The molecule has 1 fully saturated rings. The Hall–Kier alpha value is -0.450. The zero-order valence-corrected chi connectivity index (χ0v) is 8.38. The smallest absolute Gasteiger partial charge is 0.147 e. The van der Waals surface area contributed by atoms with Crippen molar-refractivity contribution in [1.29, 1.82) is 0 Å². The van der Waals surface area contributed by atoms with Crippen molar-refractivity contribution < 1.29 is 13.9 Å². The van der Waals surface area contributed by atoms with E-state index in [4.69, 9.17) is 9.47 Å². The van der Waals surface area contributed by atoms with E-state index in [2.05, 4.69) is 15.9 Å². The summed E-state index contributed by atoms with van der Waals surface area (Å²) in [6.07, 6.45) is -0.256. The molecule has 1 aromatic rings. The number of hydrogen-bond acceptors (Lipinski definition) is 2. The number of rotatable bonds is 1. The van der Waals surface area contributed by atoms with Crippen LogP contribution >= 0.6 is 15.9 Å². The van der Waals surface area contributed by atoms with Crippen LogP contribution in [0, 0.1) is 5.82 Å². The minimum atomic E-state index is -0.259. The standard InChI is InChI=1S/C9H8BrFO2/c10-6-1-2-7(8(11)3-6)9-4-12-5-13-9/h1-3,9H,4-5H2. The quantitative estimate of drug-likeness (QED) is 0.759. The molecular weight excluding hydrogens is 239 g/mol. The van der Waals surface area contributed by atoms with Crippen molar-refractivity contribution in [2.75, 3.05) is 13.4 Å². The molecule has 0 saturated carbocycles. The zero-order chi connectivity index (χ0) is 9.26. The molecule has 0 N–H and O–H groups in total. The van der Waals surface area contributed by atoms with Crippen molar-refractivity contribution in [3.63, 3.8) is 0 Å². The van der Waals surface area contributed by atoms with Gasteiger partial charge in [-0.25, -0.2) is 4.39 Å². The van der Waals surface area contributed by atoms with Crippen molar-refractivity contribution in [1.82, 2.24) is 0 Å². The second kappa shape index (κ2) is 3.74. The van der Waals surface area contributed by atoms with E-state index in [1.54, 1.807) is 12.1 Å². The topological polar surface area (TPSA) is 18.5 Å². The molecule has 0 amide bonds. The van der Waals surface area contributed by atoms with Crippen LogP contribution in [0.3, 0.4) is 0 Å². The van der Waals surface area contributed by atoms with E-state index in [9.17, 15) is 4.39 Å². The Morgan fingerprint density at radius 2 is 2.31 bits per heavy atom. The molecule has 1 aromatic carbocycles. The molecule has 1 heterocycles. The molecular formula is C9H8BrFO2. The molecule has 0 radical (unpaired) electrons. The van der Waals surface area contributed by atoms with E-state index in [1.807, 2.05) is 0 Å². The van der Waals surface area contributed by atoms with Gasteiger partial charge in [0, 0.05) is 10.0 Å². The minimum absolute atomic E-state index is 0.250. The van der Waals surface area contributed by atoms with Crippen LogP contribution in [0.1, 0.15) is 11.7 Å². The highest BCUT2D eigenvalue weighted by atomic mass is 79.9. The Morgan fingerprint density at radius 1 is 1.46 bits per heavy atom. The fraction of sp³-hybridized carbons (Fsp3) is 0.333. The molecule has 0 bridgehead atoms. The monoisotopic (exact) mass is 246 g/mol. The van der Waals surface area contributed by atoms with Crippen LogP contribution in [0.15, 0.2) is 22.7 Å². The predicted molar refractivity (Wildman–Crippen MR) is 48.7 cm³/mol. The summed E-state index contributed by atoms with van der Waals surface area (Å²) in [5.74, 6) is -0.259. The van der Waals surface area contributed by atoms with Gasteiger partial charge in [0.1, 0.15) is 18.7 Å². The summed E-state index contributed by atoms with van der Waals surface area (Å²) in [7, 11) is 0. The first-order valence-corrected chi connectivity index (χ1v) is 4.71. The summed E-state index contributed by atoms with van der Waals surface area (Å²) in [4.78, 5) is 0. The lowest BCUT2D eigenvalue weighted by atomic mass is 10.1. The molecule has 1 saturated heterocycles. The number of hydrogen-bond donors (Lipinski definition) is 0. The Morgan fingerprint density at radius 3 is 2.92 bits per heavy atom. The number of benzene rings is 1. The van der Waals surface area contributed by atoms with E-state index in [-0.39, 0.29) is 18.7 Å². The molecule has 70 valence electrons. The number of ether oxygens (including phenoxy) is 2. The molecule has 1 aliphatic heterocycles. The first kappa shape index (κ1) is 9.12.